The Labute approximate surface area is 140 Å². The molecule has 3 rings (SSSR count). The second-order valence-corrected chi connectivity index (χ2v) is 7.27. The van der Waals surface area contributed by atoms with E-state index in [1.54, 1.807) is 11.6 Å². The maximum atomic E-state index is 12.8. The number of rotatable bonds is 4. The number of hydrogen-bond donors (Lipinski definition) is 1. The van der Waals surface area contributed by atoms with E-state index < -0.39 is 6.04 Å². The van der Waals surface area contributed by atoms with Crippen LogP contribution in [-0.2, 0) is 4.79 Å². The molecule has 0 bridgehead atoms. The van der Waals surface area contributed by atoms with Gasteiger partial charge in [-0.15, -0.1) is 22.7 Å². The van der Waals surface area contributed by atoms with Crippen molar-refractivity contribution in [2.24, 2.45) is 0 Å². The first kappa shape index (κ1) is 15.8. The Morgan fingerprint density at radius 3 is 2.83 bits per heavy atom. The highest BCUT2D eigenvalue weighted by Crippen LogP contribution is 2.26. The number of carbonyl (C=O) groups excluding carboxylic acids is 1. The molecule has 6 nitrogen and oxygen atoms in total. The largest absolute Gasteiger partial charge is 0.300 e. The van der Waals surface area contributed by atoms with E-state index in [-0.39, 0.29) is 11.5 Å². The van der Waals surface area contributed by atoms with E-state index in [4.69, 9.17) is 0 Å². The first-order valence-corrected chi connectivity index (χ1v) is 8.89. The van der Waals surface area contributed by atoms with Gasteiger partial charge in [0.25, 0.3) is 5.56 Å². The standard InChI is InChI=1S/C15H16N4O2S2/c1-4-10(12(20)18-15-16-5-6-22-15)19-7-17-13-11(14(19)21)8(2)9(3)23-13/h5-7,10H,4H2,1-3H3,(H,16,18,20). The number of hydrogen-bond acceptors (Lipinski definition) is 6. The average Bonchev–Trinajstić information content (AvgIpc) is 3.11. The van der Waals surface area contributed by atoms with Gasteiger partial charge in [-0.2, -0.15) is 0 Å². The molecule has 0 aliphatic heterocycles. The maximum absolute atomic E-state index is 12.8. The Morgan fingerprint density at radius 1 is 1.39 bits per heavy atom. The molecule has 3 aromatic heterocycles. The number of thiazole rings is 1. The first-order chi connectivity index (χ1) is 11.0. The summed E-state index contributed by atoms with van der Waals surface area (Å²) in [7, 11) is 0. The highest BCUT2D eigenvalue weighted by Gasteiger charge is 2.23. The SMILES string of the molecule is CCC(C(=O)Nc1nccs1)n1cnc2sc(C)c(C)c2c1=O. The molecule has 1 unspecified atom stereocenters. The molecule has 23 heavy (non-hydrogen) atoms. The highest BCUT2D eigenvalue weighted by atomic mass is 32.1. The second kappa shape index (κ2) is 6.21. The molecule has 1 atom stereocenters. The summed E-state index contributed by atoms with van der Waals surface area (Å²) in [5, 5.41) is 5.67. The summed E-state index contributed by atoms with van der Waals surface area (Å²) in [6, 6.07) is -0.608. The van der Waals surface area contributed by atoms with Crippen LogP contribution in [0, 0.1) is 13.8 Å². The van der Waals surface area contributed by atoms with Crippen molar-refractivity contribution in [3.63, 3.8) is 0 Å². The molecule has 1 amide bonds. The van der Waals surface area contributed by atoms with E-state index in [9.17, 15) is 9.59 Å². The van der Waals surface area contributed by atoms with Gasteiger partial charge in [0.15, 0.2) is 5.13 Å². The third-order valence-corrected chi connectivity index (χ3v) is 5.61. The van der Waals surface area contributed by atoms with Gasteiger partial charge in [0.2, 0.25) is 5.91 Å². The van der Waals surface area contributed by atoms with E-state index in [1.165, 1.54) is 33.6 Å². The molecule has 0 aromatic carbocycles. The minimum atomic E-state index is -0.608. The van der Waals surface area contributed by atoms with Gasteiger partial charge in [0, 0.05) is 16.5 Å². The number of amides is 1. The Kier molecular flexibility index (Phi) is 4.27. The summed E-state index contributed by atoms with van der Waals surface area (Å²) in [5.41, 5.74) is 0.769. The average molecular weight is 348 g/mol. The molecule has 0 aliphatic carbocycles. The van der Waals surface area contributed by atoms with Gasteiger partial charge in [0.05, 0.1) is 11.7 Å². The van der Waals surface area contributed by atoms with Gasteiger partial charge in [0.1, 0.15) is 10.9 Å². The van der Waals surface area contributed by atoms with Crippen molar-refractivity contribution in [1.29, 1.82) is 0 Å². The molecule has 0 saturated carbocycles. The lowest BCUT2D eigenvalue weighted by Gasteiger charge is -2.16. The van der Waals surface area contributed by atoms with E-state index >= 15 is 0 Å². The maximum Gasteiger partial charge on any atom is 0.263 e. The number of carbonyl (C=O) groups is 1. The summed E-state index contributed by atoms with van der Waals surface area (Å²) in [6.07, 6.45) is 3.58. The van der Waals surface area contributed by atoms with Crippen LogP contribution >= 0.6 is 22.7 Å². The normalized spacial score (nSPS) is 12.5. The van der Waals surface area contributed by atoms with Crippen molar-refractivity contribution in [3.8, 4) is 0 Å². The predicted molar refractivity (Wildman–Crippen MR) is 93.4 cm³/mol. The van der Waals surface area contributed by atoms with Gasteiger partial charge in [-0.05, 0) is 25.8 Å². The zero-order valence-electron chi connectivity index (χ0n) is 13.0. The van der Waals surface area contributed by atoms with Crippen LogP contribution in [0.15, 0.2) is 22.7 Å². The molecule has 8 heteroatoms. The molecule has 0 aliphatic rings. The summed E-state index contributed by atoms with van der Waals surface area (Å²) in [5.74, 6) is -0.254. The van der Waals surface area contributed by atoms with Gasteiger partial charge in [-0.25, -0.2) is 9.97 Å². The third-order valence-electron chi connectivity index (χ3n) is 3.80. The lowest BCUT2D eigenvalue weighted by molar-refractivity contribution is -0.119. The fraction of sp³-hybridized carbons (Fsp3) is 0.333. The second-order valence-electron chi connectivity index (χ2n) is 5.17. The predicted octanol–water partition coefficient (Wildman–Crippen LogP) is 3.12. The van der Waals surface area contributed by atoms with Crippen molar-refractivity contribution >= 4 is 43.9 Å². The monoisotopic (exact) mass is 348 g/mol. The van der Waals surface area contributed by atoms with Gasteiger partial charge in [-0.1, -0.05) is 6.92 Å². The van der Waals surface area contributed by atoms with Crippen molar-refractivity contribution in [1.82, 2.24) is 14.5 Å². The fourth-order valence-corrected chi connectivity index (χ4v) is 3.97. The van der Waals surface area contributed by atoms with Crippen molar-refractivity contribution < 1.29 is 4.79 Å². The van der Waals surface area contributed by atoms with Crippen LogP contribution in [0.25, 0.3) is 10.2 Å². The Morgan fingerprint density at radius 2 is 2.17 bits per heavy atom. The van der Waals surface area contributed by atoms with Crippen LogP contribution in [-0.4, -0.2) is 20.4 Å². The Balaban J connectivity index is 2.03. The topological polar surface area (TPSA) is 76.9 Å². The quantitative estimate of drug-likeness (QED) is 0.786. The van der Waals surface area contributed by atoms with Gasteiger partial charge < -0.3 is 5.32 Å². The molecular formula is C15H16N4O2S2. The molecule has 0 spiro atoms. The van der Waals surface area contributed by atoms with E-state index in [0.717, 1.165) is 15.3 Å². The highest BCUT2D eigenvalue weighted by molar-refractivity contribution is 7.18. The van der Waals surface area contributed by atoms with Crippen LogP contribution in [0.3, 0.4) is 0 Å². The summed E-state index contributed by atoms with van der Waals surface area (Å²) in [4.78, 5) is 35.5. The molecule has 0 saturated heterocycles. The lowest BCUT2D eigenvalue weighted by atomic mass is 10.2. The third kappa shape index (κ3) is 2.79. The van der Waals surface area contributed by atoms with Crippen LogP contribution in [0.2, 0.25) is 0 Å². The van der Waals surface area contributed by atoms with Crippen LogP contribution in [0.1, 0.15) is 29.8 Å². The molecule has 3 aromatic rings. The van der Waals surface area contributed by atoms with E-state index in [0.29, 0.717) is 16.9 Å². The lowest BCUT2D eigenvalue weighted by Crippen LogP contribution is -2.33. The molecule has 3 heterocycles. The number of nitrogens with zero attached hydrogens (tertiary/aromatic N) is 3. The smallest absolute Gasteiger partial charge is 0.263 e. The number of fused-ring (bicyclic) bond motifs is 1. The van der Waals surface area contributed by atoms with E-state index in [2.05, 4.69) is 15.3 Å². The summed E-state index contributed by atoms with van der Waals surface area (Å²) >= 11 is 2.84. The summed E-state index contributed by atoms with van der Waals surface area (Å²) in [6.45, 7) is 5.75. The van der Waals surface area contributed by atoms with Gasteiger partial charge >= 0.3 is 0 Å². The Bertz CT molecular complexity index is 912. The molecule has 1 N–H and O–H groups in total. The van der Waals surface area contributed by atoms with Gasteiger partial charge in [-0.3, -0.25) is 14.2 Å². The fourth-order valence-electron chi connectivity index (χ4n) is 2.45. The zero-order valence-corrected chi connectivity index (χ0v) is 14.6. The number of aromatic nitrogens is 3. The molecule has 120 valence electrons. The van der Waals surface area contributed by atoms with Crippen molar-refractivity contribution in [3.05, 3.63) is 38.7 Å². The molecule has 0 radical (unpaired) electrons. The first-order valence-electron chi connectivity index (χ1n) is 7.20. The number of nitrogens with one attached hydrogen (secondary N) is 1. The minimum Gasteiger partial charge on any atom is -0.300 e. The number of anilines is 1. The van der Waals surface area contributed by atoms with Crippen molar-refractivity contribution in [2.45, 2.75) is 33.2 Å². The summed E-state index contributed by atoms with van der Waals surface area (Å²) < 4.78 is 1.42. The van der Waals surface area contributed by atoms with Crippen LogP contribution in [0.5, 0.6) is 0 Å². The number of thiophene rings is 1. The minimum absolute atomic E-state index is 0.169. The van der Waals surface area contributed by atoms with Crippen LogP contribution in [0.4, 0.5) is 5.13 Å². The zero-order chi connectivity index (χ0) is 16.6. The number of aryl methyl sites for hydroxylation is 2. The molecule has 0 fully saturated rings. The van der Waals surface area contributed by atoms with E-state index in [1.807, 2.05) is 20.8 Å². The molecular weight excluding hydrogens is 332 g/mol. The van der Waals surface area contributed by atoms with Crippen molar-refractivity contribution in [2.75, 3.05) is 5.32 Å². The Hall–Kier alpha value is -2.06. The van der Waals surface area contributed by atoms with Crippen LogP contribution < -0.4 is 10.9 Å².